The second kappa shape index (κ2) is 6.43. The summed E-state index contributed by atoms with van der Waals surface area (Å²) < 4.78 is 27.1. The van der Waals surface area contributed by atoms with E-state index in [-0.39, 0.29) is 18.4 Å². The minimum absolute atomic E-state index is 0. The molecule has 0 bridgehead atoms. The van der Waals surface area contributed by atoms with Gasteiger partial charge in [0.1, 0.15) is 0 Å². The van der Waals surface area contributed by atoms with Crippen molar-refractivity contribution < 1.29 is 8.42 Å². The lowest BCUT2D eigenvalue weighted by Gasteiger charge is -2.20. The standard InChI is InChI=1S/C14H22N2O2S.ClH/c1-10-7-11(2)14(12(3)8-10)19(17,18)16-6-5-13(9-16)15-4;/h7-8,13,15H,5-6,9H2,1-4H3;1H. The quantitative estimate of drug-likeness (QED) is 0.927. The SMILES string of the molecule is CNC1CCN(S(=O)(=O)c2c(C)cc(C)cc2C)C1.Cl. The number of benzene rings is 1. The van der Waals surface area contributed by atoms with Gasteiger partial charge in [0, 0.05) is 19.1 Å². The Kier molecular flexibility index (Phi) is 5.61. The van der Waals surface area contributed by atoms with E-state index < -0.39 is 10.0 Å². The summed E-state index contributed by atoms with van der Waals surface area (Å²) in [4.78, 5) is 0.481. The summed E-state index contributed by atoms with van der Waals surface area (Å²) in [5, 5.41) is 3.15. The van der Waals surface area contributed by atoms with Crippen molar-refractivity contribution in [2.45, 2.75) is 38.1 Å². The molecular formula is C14H23ClN2O2S. The summed E-state index contributed by atoms with van der Waals surface area (Å²) in [5.41, 5.74) is 2.78. The van der Waals surface area contributed by atoms with Crippen molar-refractivity contribution in [1.82, 2.24) is 9.62 Å². The molecule has 2 rings (SSSR count). The third-order valence-electron chi connectivity index (χ3n) is 3.76. The third kappa shape index (κ3) is 3.17. The Morgan fingerprint density at radius 1 is 1.20 bits per heavy atom. The van der Waals surface area contributed by atoms with E-state index in [0.717, 1.165) is 23.1 Å². The monoisotopic (exact) mass is 318 g/mol. The lowest BCUT2D eigenvalue weighted by molar-refractivity contribution is 0.463. The average molecular weight is 319 g/mol. The Balaban J connectivity index is 0.00000200. The topological polar surface area (TPSA) is 49.4 Å². The Morgan fingerprint density at radius 2 is 1.75 bits per heavy atom. The van der Waals surface area contributed by atoms with Gasteiger partial charge in [0.05, 0.1) is 4.90 Å². The summed E-state index contributed by atoms with van der Waals surface area (Å²) in [6, 6.07) is 4.14. The summed E-state index contributed by atoms with van der Waals surface area (Å²) in [6.45, 7) is 6.90. The number of hydrogen-bond acceptors (Lipinski definition) is 3. The highest BCUT2D eigenvalue weighted by molar-refractivity contribution is 7.89. The first-order valence-electron chi connectivity index (χ1n) is 6.61. The smallest absolute Gasteiger partial charge is 0.243 e. The van der Waals surface area contributed by atoms with Crippen molar-refractivity contribution in [1.29, 1.82) is 0 Å². The minimum Gasteiger partial charge on any atom is -0.316 e. The predicted octanol–water partition coefficient (Wildman–Crippen LogP) is 2.02. The van der Waals surface area contributed by atoms with Crippen LogP contribution in [0.1, 0.15) is 23.1 Å². The van der Waals surface area contributed by atoms with E-state index in [9.17, 15) is 8.42 Å². The average Bonchev–Trinajstić information content (AvgIpc) is 2.75. The number of nitrogens with one attached hydrogen (secondary N) is 1. The zero-order chi connectivity index (χ0) is 14.2. The van der Waals surface area contributed by atoms with Gasteiger partial charge in [-0.3, -0.25) is 0 Å². The molecule has 1 atom stereocenters. The van der Waals surface area contributed by atoms with Crippen LogP contribution in [-0.4, -0.2) is 38.9 Å². The molecule has 1 aromatic carbocycles. The first kappa shape index (κ1) is 17.4. The maximum atomic E-state index is 12.7. The highest BCUT2D eigenvalue weighted by Gasteiger charge is 2.33. The van der Waals surface area contributed by atoms with Crippen LogP contribution in [0.4, 0.5) is 0 Å². The largest absolute Gasteiger partial charge is 0.316 e. The second-order valence-electron chi connectivity index (χ2n) is 5.37. The van der Waals surface area contributed by atoms with Crippen LogP contribution in [0.5, 0.6) is 0 Å². The van der Waals surface area contributed by atoms with Gasteiger partial charge >= 0.3 is 0 Å². The van der Waals surface area contributed by atoms with E-state index in [4.69, 9.17) is 0 Å². The van der Waals surface area contributed by atoms with Gasteiger partial charge in [-0.1, -0.05) is 17.7 Å². The van der Waals surface area contributed by atoms with Crippen LogP contribution in [0.2, 0.25) is 0 Å². The predicted molar refractivity (Wildman–Crippen MR) is 84.1 cm³/mol. The fourth-order valence-corrected chi connectivity index (χ4v) is 4.80. The molecule has 0 radical (unpaired) electrons. The van der Waals surface area contributed by atoms with Gasteiger partial charge in [-0.25, -0.2) is 8.42 Å². The Morgan fingerprint density at radius 3 is 2.20 bits per heavy atom. The van der Waals surface area contributed by atoms with Gasteiger partial charge in [-0.2, -0.15) is 4.31 Å². The third-order valence-corrected chi connectivity index (χ3v) is 5.93. The summed E-state index contributed by atoms with van der Waals surface area (Å²) in [7, 11) is -1.49. The molecule has 1 fully saturated rings. The highest BCUT2D eigenvalue weighted by Crippen LogP contribution is 2.27. The zero-order valence-electron chi connectivity index (χ0n) is 12.4. The Hall–Kier alpha value is -0.620. The fourth-order valence-electron chi connectivity index (χ4n) is 2.88. The molecule has 6 heteroatoms. The second-order valence-corrected chi connectivity index (χ2v) is 7.24. The molecule has 20 heavy (non-hydrogen) atoms. The molecule has 0 spiro atoms. The molecule has 4 nitrogen and oxygen atoms in total. The van der Waals surface area contributed by atoms with Crippen LogP contribution < -0.4 is 5.32 Å². The zero-order valence-corrected chi connectivity index (χ0v) is 14.1. The van der Waals surface area contributed by atoms with Gasteiger partial charge in [-0.15, -0.1) is 12.4 Å². The van der Waals surface area contributed by atoms with Crippen LogP contribution in [0.25, 0.3) is 0 Å². The molecule has 1 aliphatic heterocycles. The van der Waals surface area contributed by atoms with Crippen molar-refractivity contribution in [2.75, 3.05) is 20.1 Å². The number of halogens is 1. The summed E-state index contributed by atoms with van der Waals surface area (Å²) in [6.07, 6.45) is 0.875. The molecule has 1 aliphatic rings. The molecule has 1 N–H and O–H groups in total. The number of hydrogen-bond donors (Lipinski definition) is 1. The van der Waals surface area contributed by atoms with E-state index in [1.165, 1.54) is 0 Å². The Labute approximate surface area is 128 Å². The van der Waals surface area contributed by atoms with Crippen LogP contribution >= 0.6 is 12.4 Å². The normalized spacial score (nSPS) is 19.9. The van der Waals surface area contributed by atoms with Crippen LogP contribution in [0, 0.1) is 20.8 Å². The van der Waals surface area contributed by atoms with Crippen LogP contribution in [0.15, 0.2) is 17.0 Å². The number of sulfonamides is 1. The van der Waals surface area contributed by atoms with Gasteiger partial charge < -0.3 is 5.32 Å². The molecule has 1 aromatic rings. The molecule has 114 valence electrons. The van der Waals surface area contributed by atoms with Gasteiger partial charge in [-0.05, 0) is 45.4 Å². The Bertz CT molecular complexity index is 564. The molecule has 0 amide bonds. The van der Waals surface area contributed by atoms with E-state index in [1.54, 1.807) is 4.31 Å². The minimum atomic E-state index is -3.37. The van der Waals surface area contributed by atoms with Crippen molar-refractivity contribution in [2.24, 2.45) is 0 Å². The molecule has 1 unspecified atom stereocenters. The van der Waals surface area contributed by atoms with E-state index in [0.29, 0.717) is 18.0 Å². The first-order chi connectivity index (χ1) is 8.86. The lowest BCUT2D eigenvalue weighted by Crippen LogP contribution is -2.34. The number of rotatable bonds is 3. The van der Waals surface area contributed by atoms with Crippen molar-refractivity contribution in [3.05, 3.63) is 28.8 Å². The first-order valence-corrected chi connectivity index (χ1v) is 8.05. The number of nitrogens with zero attached hydrogens (tertiary/aromatic N) is 1. The molecule has 1 heterocycles. The fraction of sp³-hybridized carbons (Fsp3) is 0.571. The van der Waals surface area contributed by atoms with Crippen molar-refractivity contribution in [3.63, 3.8) is 0 Å². The maximum absolute atomic E-state index is 12.7. The van der Waals surface area contributed by atoms with E-state index >= 15 is 0 Å². The molecular weight excluding hydrogens is 296 g/mol. The van der Waals surface area contributed by atoms with E-state index in [2.05, 4.69) is 5.32 Å². The van der Waals surface area contributed by atoms with Crippen molar-refractivity contribution >= 4 is 22.4 Å². The van der Waals surface area contributed by atoms with Crippen LogP contribution in [0.3, 0.4) is 0 Å². The van der Waals surface area contributed by atoms with Gasteiger partial charge in [0.25, 0.3) is 0 Å². The maximum Gasteiger partial charge on any atom is 0.243 e. The highest BCUT2D eigenvalue weighted by atomic mass is 35.5. The molecule has 0 aromatic heterocycles. The summed E-state index contributed by atoms with van der Waals surface area (Å²) in [5.74, 6) is 0. The van der Waals surface area contributed by atoms with Crippen molar-refractivity contribution in [3.8, 4) is 0 Å². The summed E-state index contributed by atoms with van der Waals surface area (Å²) >= 11 is 0. The van der Waals surface area contributed by atoms with E-state index in [1.807, 2.05) is 40.0 Å². The van der Waals surface area contributed by atoms with Gasteiger partial charge in [0.15, 0.2) is 0 Å². The van der Waals surface area contributed by atoms with Gasteiger partial charge in [0.2, 0.25) is 10.0 Å². The molecule has 1 saturated heterocycles. The molecule has 0 aliphatic carbocycles. The van der Waals surface area contributed by atoms with Crippen LogP contribution in [-0.2, 0) is 10.0 Å². The number of aryl methyl sites for hydroxylation is 3. The molecule has 0 saturated carbocycles. The number of likely N-dealkylation sites (N-methyl/N-ethyl adjacent to an activating group) is 1. The lowest BCUT2D eigenvalue weighted by atomic mass is 10.1.